The van der Waals surface area contributed by atoms with Gasteiger partial charge in [-0.3, -0.25) is 4.99 Å². The number of esters is 1. The molecule has 1 aromatic heterocycles. The van der Waals surface area contributed by atoms with E-state index in [9.17, 15) is 13.2 Å². The number of rotatable bonds is 4. The van der Waals surface area contributed by atoms with Crippen LogP contribution in [-0.2, 0) is 9.84 Å². The molecule has 3 aromatic rings. The van der Waals surface area contributed by atoms with Crippen LogP contribution in [0.25, 0.3) is 10.1 Å². The Bertz CT molecular complexity index is 1220. The van der Waals surface area contributed by atoms with Crippen LogP contribution in [0.4, 0.5) is 0 Å². The summed E-state index contributed by atoms with van der Waals surface area (Å²) in [5.74, 6) is 0.128. The molecule has 150 valence electrons. The molecule has 0 aliphatic carbocycles. The molecule has 0 unspecified atom stereocenters. The average molecular weight is 468 g/mol. The van der Waals surface area contributed by atoms with Crippen molar-refractivity contribution in [2.24, 2.45) is 4.99 Å². The maximum absolute atomic E-state index is 12.5. The van der Waals surface area contributed by atoms with Crippen molar-refractivity contribution in [3.8, 4) is 5.75 Å². The molecule has 5 nitrogen and oxygen atoms in total. The molecule has 0 N–H and O–H groups in total. The molecule has 9 heteroatoms. The molecule has 1 aliphatic rings. The molecular weight excluding hydrogens is 453 g/mol. The number of ether oxygens (including phenoxy) is 1. The van der Waals surface area contributed by atoms with E-state index in [1.54, 1.807) is 48.7 Å². The Hall–Kier alpha value is -1.93. The highest BCUT2D eigenvalue weighted by molar-refractivity contribution is 7.91. The molecule has 2 heterocycles. The third kappa shape index (κ3) is 4.64. The lowest BCUT2D eigenvalue weighted by atomic mass is 10.2. The Morgan fingerprint density at radius 2 is 1.93 bits per heavy atom. The van der Waals surface area contributed by atoms with Crippen LogP contribution < -0.4 is 4.74 Å². The Morgan fingerprint density at radius 1 is 1.17 bits per heavy atom. The maximum Gasteiger partial charge on any atom is 0.355 e. The highest BCUT2D eigenvalue weighted by atomic mass is 35.5. The summed E-state index contributed by atoms with van der Waals surface area (Å²) in [7, 11) is -2.95. The van der Waals surface area contributed by atoms with Gasteiger partial charge in [-0.25, -0.2) is 13.2 Å². The minimum absolute atomic E-state index is 0.0976. The first-order chi connectivity index (χ1) is 13.8. The summed E-state index contributed by atoms with van der Waals surface area (Å²) < 4.78 is 29.2. The molecule has 0 saturated carbocycles. The Morgan fingerprint density at radius 3 is 2.62 bits per heavy atom. The van der Waals surface area contributed by atoms with Crippen molar-refractivity contribution < 1.29 is 17.9 Å². The van der Waals surface area contributed by atoms with E-state index >= 15 is 0 Å². The molecule has 0 radical (unpaired) electrons. The van der Waals surface area contributed by atoms with Crippen molar-refractivity contribution >= 4 is 66.6 Å². The zero-order valence-corrected chi connectivity index (χ0v) is 18.1. The molecule has 1 fully saturated rings. The van der Waals surface area contributed by atoms with Gasteiger partial charge in [0.25, 0.3) is 0 Å². The molecule has 1 atom stereocenters. The van der Waals surface area contributed by atoms with E-state index in [0.717, 1.165) is 15.6 Å². The molecule has 0 spiro atoms. The summed E-state index contributed by atoms with van der Waals surface area (Å²) in [6.45, 7) is 0. The summed E-state index contributed by atoms with van der Waals surface area (Å²) in [6, 6.07) is 11.9. The zero-order valence-electron chi connectivity index (χ0n) is 15.0. The number of halogens is 2. The number of hydrogen-bond acceptors (Lipinski definition) is 6. The number of thiophene rings is 1. The number of carbonyl (C=O) groups excluding carboxylic acids is 1. The van der Waals surface area contributed by atoms with E-state index in [1.807, 2.05) is 0 Å². The van der Waals surface area contributed by atoms with Crippen molar-refractivity contribution in [2.75, 3.05) is 11.5 Å². The normalized spacial score (nSPS) is 18.5. The molecule has 4 rings (SSSR count). The van der Waals surface area contributed by atoms with E-state index in [0.29, 0.717) is 27.1 Å². The van der Waals surface area contributed by atoms with Gasteiger partial charge in [0, 0.05) is 21.3 Å². The van der Waals surface area contributed by atoms with Crippen molar-refractivity contribution in [1.29, 1.82) is 0 Å². The number of benzene rings is 2. The third-order valence-electron chi connectivity index (χ3n) is 4.51. The Balaban J connectivity index is 1.45. The van der Waals surface area contributed by atoms with Crippen LogP contribution in [0.3, 0.4) is 0 Å². The zero-order chi connectivity index (χ0) is 20.6. The quantitative estimate of drug-likeness (QED) is 0.306. The van der Waals surface area contributed by atoms with Crippen LogP contribution >= 0.6 is 34.5 Å². The standard InChI is InChI=1S/C20H15Cl2NO4S2/c21-13-3-6-16-17(9-13)28-19(18(16)22)20(24)27-15-4-1-12(2-5-15)10-23-14-7-8-29(25,26)11-14/h1-6,9-10,14H,7-8,11H2/t14-/m1/s1. The maximum atomic E-state index is 12.5. The first-order valence-corrected chi connectivity index (χ1v) is 12.1. The summed E-state index contributed by atoms with van der Waals surface area (Å²) in [4.78, 5) is 17.2. The van der Waals surface area contributed by atoms with Gasteiger partial charge in [0.15, 0.2) is 9.84 Å². The minimum Gasteiger partial charge on any atom is -0.422 e. The monoisotopic (exact) mass is 467 g/mol. The minimum atomic E-state index is -2.95. The van der Waals surface area contributed by atoms with E-state index in [2.05, 4.69) is 4.99 Å². The van der Waals surface area contributed by atoms with Gasteiger partial charge >= 0.3 is 5.97 Å². The van der Waals surface area contributed by atoms with E-state index in [1.165, 1.54) is 11.3 Å². The van der Waals surface area contributed by atoms with Crippen LogP contribution in [0.1, 0.15) is 21.7 Å². The van der Waals surface area contributed by atoms with E-state index in [4.69, 9.17) is 27.9 Å². The van der Waals surface area contributed by atoms with Crippen LogP contribution in [-0.4, -0.2) is 38.1 Å². The molecule has 2 aromatic carbocycles. The van der Waals surface area contributed by atoms with Gasteiger partial charge in [-0.2, -0.15) is 0 Å². The Labute approximate surface area is 181 Å². The van der Waals surface area contributed by atoms with Crippen LogP contribution in [0, 0.1) is 0 Å². The van der Waals surface area contributed by atoms with Gasteiger partial charge in [-0.1, -0.05) is 29.3 Å². The molecule has 1 aliphatic heterocycles. The van der Waals surface area contributed by atoms with Gasteiger partial charge in [0.1, 0.15) is 10.6 Å². The third-order valence-corrected chi connectivity index (χ3v) is 8.13. The fourth-order valence-corrected chi connectivity index (χ4v) is 6.33. The average Bonchev–Trinajstić information content (AvgIpc) is 3.20. The molecule has 0 bridgehead atoms. The van der Waals surface area contributed by atoms with Crippen LogP contribution in [0.15, 0.2) is 47.5 Å². The second kappa shape index (κ2) is 8.07. The summed E-state index contributed by atoms with van der Waals surface area (Å²) >= 11 is 13.5. The predicted molar refractivity (Wildman–Crippen MR) is 118 cm³/mol. The van der Waals surface area contributed by atoms with E-state index in [-0.39, 0.29) is 17.5 Å². The first kappa shape index (κ1) is 20.3. The van der Waals surface area contributed by atoms with Crippen molar-refractivity contribution in [2.45, 2.75) is 12.5 Å². The summed E-state index contributed by atoms with van der Waals surface area (Å²) in [5.41, 5.74) is 0.795. The second-order valence-electron chi connectivity index (χ2n) is 6.68. The second-order valence-corrected chi connectivity index (χ2v) is 10.8. The van der Waals surface area contributed by atoms with Crippen molar-refractivity contribution in [3.63, 3.8) is 0 Å². The lowest BCUT2D eigenvalue weighted by molar-refractivity contribution is 0.0740. The van der Waals surface area contributed by atoms with Crippen molar-refractivity contribution in [1.82, 2.24) is 0 Å². The predicted octanol–water partition coefficient (Wildman–Crippen LogP) is 5.03. The lowest BCUT2D eigenvalue weighted by Gasteiger charge is -2.04. The van der Waals surface area contributed by atoms with Crippen molar-refractivity contribution in [3.05, 3.63) is 63.0 Å². The number of sulfone groups is 1. The van der Waals surface area contributed by atoms with Gasteiger partial charge in [-0.15, -0.1) is 11.3 Å². The number of carbonyl (C=O) groups is 1. The first-order valence-electron chi connectivity index (χ1n) is 8.74. The number of hydrogen-bond donors (Lipinski definition) is 0. The van der Waals surface area contributed by atoms with E-state index < -0.39 is 15.8 Å². The topological polar surface area (TPSA) is 72.8 Å². The van der Waals surface area contributed by atoms with Gasteiger partial charge in [0.2, 0.25) is 0 Å². The number of aliphatic imine (C=N–C) groups is 1. The summed E-state index contributed by atoms with van der Waals surface area (Å²) in [6.07, 6.45) is 2.19. The highest BCUT2D eigenvalue weighted by Crippen LogP contribution is 2.37. The molecule has 29 heavy (non-hydrogen) atoms. The fraction of sp³-hybridized carbons (Fsp3) is 0.200. The number of nitrogens with zero attached hydrogens (tertiary/aromatic N) is 1. The van der Waals surface area contributed by atoms with Crippen LogP contribution in [0.5, 0.6) is 5.75 Å². The largest absolute Gasteiger partial charge is 0.422 e. The van der Waals surface area contributed by atoms with Gasteiger partial charge < -0.3 is 4.74 Å². The lowest BCUT2D eigenvalue weighted by Crippen LogP contribution is -2.08. The molecular formula is C20H15Cl2NO4S2. The van der Waals surface area contributed by atoms with Crippen LogP contribution in [0.2, 0.25) is 10.0 Å². The fourth-order valence-electron chi connectivity index (χ4n) is 3.03. The summed E-state index contributed by atoms with van der Waals surface area (Å²) in [5, 5.41) is 1.68. The van der Waals surface area contributed by atoms with Gasteiger partial charge in [-0.05, 0) is 48.4 Å². The SMILES string of the molecule is O=C(Oc1ccc(C=N[C@@H]2CCS(=O)(=O)C2)cc1)c1sc2cc(Cl)ccc2c1Cl. The van der Waals surface area contributed by atoms with Gasteiger partial charge in [0.05, 0.1) is 22.6 Å². The molecule has 0 amide bonds. The smallest absolute Gasteiger partial charge is 0.355 e. The Kier molecular flexibility index (Phi) is 5.66. The number of fused-ring (bicyclic) bond motifs is 1. The molecule has 1 saturated heterocycles. The highest BCUT2D eigenvalue weighted by Gasteiger charge is 2.26.